The van der Waals surface area contributed by atoms with E-state index in [-0.39, 0.29) is 0 Å². The van der Waals surface area contributed by atoms with Crippen LogP contribution in [-0.4, -0.2) is 32.9 Å². The van der Waals surface area contributed by atoms with Crippen LogP contribution in [0, 0.1) is 0 Å². The van der Waals surface area contributed by atoms with E-state index in [1.54, 1.807) is 13.3 Å². The minimum atomic E-state index is 0.643. The molecule has 0 saturated heterocycles. The third-order valence-corrected chi connectivity index (χ3v) is 3.00. The first-order valence-corrected chi connectivity index (χ1v) is 6.70. The van der Waals surface area contributed by atoms with Crippen LogP contribution in [-0.2, 0) is 17.7 Å². The Bertz CT molecular complexity index is 481. The predicted molar refractivity (Wildman–Crippen MR) is 71.3 cm³/mol. The zero-order chi connectivity index (χ0) is 12.8. The Labute approximate surface area is 110 Å². The van der Waals surface area contributed by atoms with Gasteiger partial charge in [-0.05, 0) is 6.42 Å². The normalized spacial score (nSPS) is 10.8. The Morgan fingerprint density at radius 1 is 1.50 bits per heavy atom. The van der Waals surface area contributed by atoms with Gasteiger partial charge in [-0.25, -0.2) is 4.98 Å². The third-order valence-electron chi connectivity index (χ3n) is 2.34. The number of hydrogen-bond donors (Lipinski definition) is 1. The molecule has 6 nitrogen and oxygen atoms in total. The van der Waals surface area contributed by atoms with E-state index in [0.29, 0.717) is 6.61 Å². The molecule has 0 saturated carbocycles. The molecule has 0 radical (unpaired) electrons. The van der Waals surface area contributed by atoms with Crippen molar-refractivity contribution in [1.82, 2.24) is 19.1 Å². The van der Waals surface area contributed by atoms with Crippen LogP contribution in [0.3, 0.4) is 0 Å². The molecular weight excluding hydrogens is 250 g/mol. The number of hydrogen-bond acceptors (Lipinski definition) is 6. The average Bonchev–Trinajstić information content (AvgIpc) is 2.98. The van der Waals surface area contributed by atoms with Gasteiger partial charge < -0.3 is 10.1 Å². The highest BCUT2D eigenvalue weighted by atomic mass is 32.1. The number of aryl methyl sites for hydroxylation is 1. The maximum absolute atomic E-state index is 4.99. The van der Waals surface area contributed by atoms with E-state index in [2.05, 4.69) is 26.7 Å². The van der Waals surface area contributed by atoms with E-state index in [1.165, 1.54) is 11.5 Å². The lowest BCUT2D eigenvalue weighted by molar-refractivity contribution is 0.201. The van der Waals surface area contributed by atoms with Crippen molar-refractivity contribution in [2.45, 2.75) is 26.3 Å². The fourth-order valence-corrected chi connectivity index (χ4v) is 2.14. The number of anilines is 2. The molecule has 0 spiro atoms. The number of aromatic nitrogens is 4. The Hall–Kier alpha value is -1.47. The Morgan fingerprint density at radius 2 is 2.39 bits per heavy atom. The molecule has 7 heteroatoms. The van der Waals surface area contributed by atoms with Crippen LogP contribution in [0.25, 0.3) is 0 Å². The van der Waals surface area contributed by atoms with Gasteiger partial charge in [0.1, 0.15) is 5.82 Å². The lowest BCUT2D eigenvalue weighted by atomic mass is 10.4. The lowest BCUT2D eigenvalue weighted by Crippen LogP contribution is -1.97. The summed E-state index contributed by atoms with van der Waals surface area (Å²) in [5, 5.41) is 8.24. The fraction of sp³-hybridized carbons (Fsp3) is 0.545. The molecule has 2 heterocycles. The molecule has 0 bridgehead atoms. The second kappa shape index (κ2) is 6.46. The summed E-state index contributed by atoms with van der Waals surface area (Å²) in [6.07, 6.45) is 5.58. The molecular formula is C11H17N5OS. The van der Waals surface area contributed by atoms with Crippen molar-refractivity contribution in [3.8, 4) is 0 Å². The van der Waals surface area contributed by atoms with Crippen molar-refractivity contribution < 1.29 is 4.74 Å². The summed E-state index contributed by atoms with van der Waals surface area (Å²) in [6, 6.07) is 0. The highest BCUT2D eigenvalue weighted by molar-refractivity contribution is 7.09. The molecule has 0 atom stereocenters. The molecule has 2 aromatic heterocycles. The number of nitrogens with zero attached hydrogens (tertiary/aromatic N) is 4. The number of methoxy groups -OCH3 is 1. The van der Waals surface area contributed by atoms with Gasteiger partial charge in [-0.3, -0.25) is 4.68 Å². The van der Waals surface area contributed by atoms with Crippen LogP contribution in [0.1, 0.15) is 19.2 Å². The summed E-state index contributed by atoms with van der Waals surface area (Å²) in [5.74, 6) is 0.810. The van der Waals surface area contributed by atoms with Crippen molar-refractivity contribution in [3.05, 3.63) is 18.2 Å². The van der Waals surface area contributed by atoms with E-state index < -0.39 is 0 Å². The van der Waals surface area contributed by atoms with Gasteiger partial charge in [-0.15, -0.1) is 0 Å². The fourth-order valence-electron chi connectivity index (χ4n) is 1.50. The number of rotatable bonds is 7. The van der Waals surface area contributed by atoms with Gasteiger partial charge in [0, 0.05) is 37.8 Å². The summed E-state index contributed by atoms with van der Waals surface area (Å²) in [5.41, 5.74) is 0.942. The highest BCUT2D eigenvalue weighted by Gasteiger charge is 2.05. The molecule has 0 aliphatic carbocycles. The van der Waals surface area contributed by atoms with Crippen LogP contribution in [0.5, 0.6) is 0 Å². The molecule has 0 amide bonds. The molecule has 2 rings (SSSR count). The molecule has 18 heavy (non-hydrogen) atoms. The van der Waals surface area contributed by atoms with Crippen molar-refractivity contribution in [3.63, 3.8) is 0 Å². The Morgan fingerprint density at radius 3 is 3.17 bits per heavy atom. The van der Waals surface area contributed by atoms with E-state index in [4.69, 9.17) is 4.74 Å². The van der Waals surface area contributed by atoms with Crippen LogP contribution in [0.2, 0.25) is 0 Å². The predicted octanol–water partition coefficient (Wildman–Crippen LogP) is 2.08. The first-order valence-electron chi connectivity index (χ1n) is 5.93. The molecule has 0 aromatic carbocycles. The van der Waals surface area contributed by atoms with E-state index in [9.17, 15) is 0 Å². The number of ether oxygens (including phenoxy) is 1. The lowest BCUT2D eigenvalue weighted by Gasteiger charge is -1.97. The minimum absolute atomic E-state index is 0.643. The maximum Gasteiger partial charge on any atom is 0.207 e. The second-order valence-corrected chi connectivity index (χ2v) is 4.63. The topological polar surface area (TPSA) is 64.9 Å². The molecule has 1 N–H and O–H groups in total. The molecule has 0 aliphatic rings. The molecule has 98 valence electrons. The first-order chi connectivity index (χ1) is 8.81. The van der Waals surface area contributed by atoms with Crippen LogP contribution >= 0.6 is 11.5 Å². The van der Waals surface area contributed by atoms with Crippen molar-refractivity contribution >= 4 is 22.4 Å². The monoisotopic (exact) mass is 267 g/mol. The maximum atomic E-state index is 4.99. The Kier molecular flexibility index (Phi) is 4.66. The van der Waals surface area contributed by atoms with Crippen molar-refractivity contribution in [2.75, 3.05) is 19.0 Å². The van der Waals surface area contributed by atoms with E-state index >= 15 is 0 Å². The molecule has 0 aliphatic heterocycles. The second-order valence-electron chi connectivity index (χ2n) is 3.88. The van der Waals surface area contributed by atoms with Crippen molar-refractivity contribution in [2.24, 2.45) is 0 Å². The zero-order valence-corrected chi connectivity index (χ0v) is 11.4. The Balaban J connectivity index is 1.93. The number of nitrogens with one attached hydrogen (secondary N) is 1. The first kappa shape index (κ1) is 13.0. The SMILES string of the molecule is CCCn1cc(Nc2nc(CCOC)ns2)cn1. The minimum Gasteiger partial charge on any atom is -0.384 e. The third kappa shape index (κ3) is 3.51. The van der Waals surface area contributed by atoms with Gasteiger partial charge in [0.2, 0.25) is 5.13 Å². The van der Waals surface area contributed by atoms with Gasteiger partial charge in [0.05, 0.1) is 18.5 Å². The summed E-state index contributed by atoms with van der Waals surface area (Å²) < 4.78 is 11.2. The average molecular weight is 267 g/mol. The molecule has 0 fully saturated rings. The zero-order valence-electron chi connectivity index (χ0n) is 10.6. The van der Waals surface area contributed by atoms with Gasteiger partial charge in [-0.2, -0.15) is 9.47 Å². The van der Waals surface area contributed by atoms with E-state index in [0.717, 1.165) is 36.0 Å². The summed E-state index contributed by atoms with van der Waals surface area (Å²) in [6.45, 7) is 3.70. The van der Waals surface area contributed by atoms with Crippen LogP contribution < -0.4 is 5.32 Å². The summed E-state index contributed by atoms with van der Waals surface area (Å²) >= 11 is 1.35. The quantitative estimate of drug-likeness (QED) is 0.832. The van der Waals surface area contributed by atoms with Crippen LogP contribution in [0.4, 0.5) is 10.8 Å². The summed E-state index contributed by atoms with van der Waals surface area (Å²) in [7, 11) is 1.67. The van der Waals surface area contributed by atoms with Gasteiger partial charge >= 0.3 is 0 Å². The summed E-state index contributed by atoms with van der Waals surface area (Å²) in [4.78, 5) is 4.38. The van der Waals surface area contributed by atoms with Gasteiger partial charge in [0.15, 0.2) is 0 Å². The molecule has 0 unspecified atom stereocenters. The molecule has 2 aromatic rings. The van der Waals surface area contributed by atoms with Gasteiger partial charge in [-0.1, -0.05) is 6.92 Å². The van der Waals surface area contributed by atoms with Crippen LogP contribution in [0.15, 0.2) is 12.4 Å². The smallest absolute Gasteiger partial charge is 0.207 e. The largest absolute Gasteiger partial charge is 0.384 e. The van der Waals surface area contributed by atoms with Gasteiger partial charge in [0.25, 0.3) is 0 Å². The highest BCUT2D eigenvalue weighted by Crippen LogP contribution is 2.18. The van der Waals surface area contributed by atoms with Crippen molar-refractivity contribution in [1.29, 1.82) is 0 Å². The standard InChI is InChI=1S/C11H17N5OS/c1-3-5-16-8-9(7-12-16)13-11-14-10(15-18-11)4-6-17-2/h7-8H,3-6H2,1-2H3,(H,13,14,15). The van der Waals surface area contributed by atoms with E-state index in [1.807, 2.05) is 10.9 Å².